The predicted molar refractivity (Wildman–Crippen MR) is 113 cm³/mol. The molecule has 1 aliphatic heterocycles. The molecule has 1 atom stereocenters. The summed E-state index contributed by atoms with van der Waals surface area (Å²) in [4.78, 5) is 19.2. The Morgan fingerprint density at radius 2 is 1.63 bits per heavy atom. The first-order chi connectivity index (χ1) is 14.4. The molecule has 0 bridgehead atoms. The van der Waals surface area contributed by atoms with Gasteiger partial charge in [0.15, 0.2) is 5.82 Å². The Labute approximate surface area is 175 Å². The number of hydrogen-bond donors (Lipinski definition) is 0. The standard InChI is InChI=1S/C23H25N3O4/c1-13-6-14(2)21(15(3)7-13)26-12-17(10-20(26)27)22-24-23(30-25-22)16-8-18(28-4)11-19(9-16)29-5/h6-9,11,17H,10,12H2,1-5H3. The number of nitrogens with zero attached hydrogens (tertiary/aromatic N) is 3. The van der Waals surface area contributed by atoms with Crippen LogP contribution in [0.25, 0.3) is 11.5 Å². The van der Waals surface area contributed by atoms with E-state index < -0.39 is 0 Å². The predicted octanol–water partition coefficient (Wildman–Crippen LogP) is 4.20. The molecule has 4 rings (SSSR count). The Morgan fingerprint density at radius 3 is 2.23 bits per heavy atom. The molecular formula is C23H25N3O4. The van der Waals surface area contributed by atoms with Gasteiger partial charge in [-0.1, -0.05) is 22.9 Å². The van der Waals surface area contributed by atoms with Gasteiger partial charge in [0.2, 0.25) is 5.91 Å². The molecule has 3 aromatic rings. The van der Waals surface area contributed by atoms with Crippen molar-refractivity contribution >= 4 is 11.6 Å². The minimum absolute atomic E-state index is 0.0736. The molecule has 1 amide bonds. The van der Waals surface area contributed by atoms with E-state index in [2.05, 4.69) is 29.2 Å². The van der Waals surface area contributed by atoms with Crippen LogP contribution in [0.3, 0.4) is 0 Å². The van der Waals surface area contributed by atoms with Gasteiger partial charge in [-0.05, 0) is 44.0 Å². The van der Waals surface area contributed by atoms with Crippen LogP contribution in [0.5, 0.6) is 11.5 Å². The number of ether oxygens (including phenoxy) is 2. The summed E-state index contributed by atoms with van der Waals surface area (Å²) in [6, 6.07) is 9.60. The molecule has 7 nitrogen and oxygen atoms in total. The number of carbonyl (C=O) groups excluding carboxylic acids is 1. The minimum Gasteiger partial charge on any atom is -0.497 e. The van der Waals surface area contributed by atoms with Crippen molar-refractivity contribution in [2.45, 2.75) is 33.1 Å². The van der Waals surface area contributed by atoms with E-state index in [-0.39, 0.29) is 11.8 Å². The lowest BCUT2D eigenvalue weighted by Crippen LogP contribution is -2.26. The number of aryl methyl sites for hydroxylation is 3. The average Bonchev–Trinajstić information content (AvgIpc) is 3.34. The van der Waals surface area contributed by atoms with Gasteiger partial charge < -0.3 is 18.9 Å². The second-order valence-electron chi connectivity index (χ2n) is 7.71. The first-order valence-corrected chi connectivity index (χ1v) is 9.85. The van der Waals surface area contributed by atoms with Gasteiger partial charge in [0.1, 0.15) is 11.5 Å². The normalized spacial score (nSPS) is 16.2. The maximum absolute atomic E-state index is 12.8. The zero-order valence-corrected chi connectivity index (χ0v) is 17.9. The fourth-order valence-electron chi connectivity index (χ4n) is 4.14. The summed E-state index contributed by atoms with van der Waals surface area (Å²) in [6.45, 7) is 6.67. The van der Waals surface area contributed by atoms with Gasteiger partial charge in [-0.2, -0.15) is 4.98 Å². The van der Waals surface area contributed by atoms with Crippen LogP contribution in [0.4, 0.5) is 5.69 Å². The van der Waals surface area contributed by atoms with E-state index in [9.17, 15) is 4.79 Å². The summed E-state index contributed by atoms with van der Waals surface area (Å²) in [5.74, 6) is 2.13. The molecule has 2 aromatic carbocycles. The van der Waals surface area contributed by atoms with Crippen LogP contribution in [0.1, 0.15) is 34.9 Å². The highest BCUT2D eigenvalue weighted by molar-refractivity contribution is 5.97. The van der Waals surface area contributed by atoms with Crippen LogP contribution >= 0.6 is 0 Å². The molecule has 1 fully saturated rings. The Hall–Kier alpha value is -3.35. The second-order valence-corrected chi connectivity index (χ2v) is 7.71. The van der Waals surface area contributed by atoms with Crippen LogP contribution in [0, 0.1) is 20.8 Å². The largest absolute Gasteiger partial charge is 0.497 e. The first-order valence-electron chi connectivity index (χ1n) is 9.85. The molecule has 1 unspecified atom stereocenters. The molecule has 7 heteroatoms. The molecule has 1 aromatic heterocycles. The van der Waals surface area contributed by atoms with Gasteiger partial charge >= 0.3 is 0 Å². The number of hydrogen-bond acceptors (Lipinski definition) is 6. The summed E-state index contributed by atoms with van der Waals surface area (Å²) < 4.78 is 16.1. The number of methoxy groups -OCH3 is 2. The molecule has 0 saturated carbocycles. The van der Waals surface area contributed by atoms with Gasteiger partial charge in [-0.15, -0.1) is 0 Å². The van der Waals surface area contributed by atoms with Crippen molar-refractivity contribution < 1.29 is 18.8 Å². The monoisotopic (exact) mass is 407 g/mol. The summed E-state index contributed by atoms with van der Waals surface area (Å²) in [7, 11) is 3.18. The van der Waals surface area contributed by atoms with E-state index >= 15 is 0 Å². The lowest BCUT2D eigenvalue weighted by atomic mass is 10.0. The Morgan fingerprint density at radius 1 is 1.00 bits per heavy atom. The van der Waals surface area contributed by atoms with E-state index in [1.807, 2.05) is 30.9 Å². The minimum atomic E-state index is -0.123. The molecule has 0 N–H and O–H groups in total. The highest BCUT2D eigenvalue weighted by Crippen LogP contribution is 2.36. The molecule has 30 heavy (non-hydrogen) atoms. The number of carbonyl (C=O) groups is 1. The average molecular weight is 407 g/mol. The van der Waals surface area contributed by atoms with Crippen molar-refractivity contribution in [3.05, 3.63) is 52.8 Å². The van der Waals surface area contributed by atoms with E-state index in [4.69, 9.17) is 14.0 Å². The van der Waals surface area contributed by atoms with Crippen LogP contribution in [0.15, 0.2) is 34.9 Å². The summed E-state index contributed by atoms with van der Waals surface area (Å²) in [5, 5.41) is 4.16. The third-order valence-corrected chi connectivity index (χ3v) is 5.44. The fraction of sp³-hybridized carbons (Fsp3) is 0.348. The van der Waals surface area contributed by atoms with E-state index in [0.717, 1.165) is 16.8 Å². The molecule has 0 spiro atoms. The van der Waals surface area contributed by atoms with Gasteiger partial charge in [0.05, 0.1) is 14.2 Å². The highest BCUT2D eigenvalue weighted by Gasteiger charge is 2.36. The van der Waals surface area contributed by atoms with Crippen LogP contribution < -0.4 is 14.4 Å². The highest BCUT2D eigenvalue weighted by atomic mass is 16.5. The molecule has 2 heterocycles. The molecule has 156 valence electrons. The molecule has 0 radical (unpaired) electrons. The van der Waals surface area contributed by atoms with Crippen molar-refractivity contribution in [3.8, 4) is 23.0 Å². The zero-order chi connectivity index (χ0) is 21.4. The Kier molecular flexibility index (Phi) is 5.20. The Bertz CT molecular complexity index is 1060. The zero-order valence-electron chi connectivity index (χ0n) is 17.9. The number of benzene rings is 2. The number of aromatic nitrogens is 2. The van der Waals surface area contributed by atoms with Gasteiger partial charge in [0, 0.05) is 36.2 Å². The van der Waals surface area contributed by atoms with Crippen molar-refractivity contribution in [3.63, 3.8) is 0 Å². The number of amides is 1. The summed E-state index contributed by atoms with van der Waals surface area (Å²) in [6.07, 6.45) is 0.354. The summed E-state index contributed by atoms with van der Waals surface area (Å²) in [5.41, 5.74) is 5.07. The first kappa shape index (κ1) is 19.9. The topological polar surface area (TPSA) is 77.7 Å². The van der Waals surface area contributed by atoms with E-state index in [1.54, 1.807) is 20.3 Å². The smallest absolute Gasteiger partial charge is 0.258 e. The molecule has 1 aliphatic rings. The van der Waals surface area contributed by atoms with Crippen molar-refractivity contribution in [2.75, 3.05) is 25.7 Å². The van der Waals surface area contributed by atoms with Crippen molar-refractivity contribution in [1.82, 2.24) is 10.1 Å². The van der Waals surface area contributed by atoms with E-state index in [0.29, 0.717) is 41.7 Å². The maximum Gasteiger partial charge on any atom is 0.258 e. The van der Waals surface area contributed by atoms with Gasteiger partial charge in [-0.3, -0.25) is 4.79 Å². The third kappa shape index (κ3) is 3.63. The number of anilines is 1. The fourth-order valence-corrected chi connectivity index (χ4v) is 4.14. The Balaban J connectivity index is 1.61. The second kappa shape index (κ2) is 7.82. The third-order valence-electron chi connectivity index (χ3n) is 5.44. The van der Waals surface area contributed by atoms with Gasteiger partial charge in [0.25, 0.3) is 5.89 Å². The lowest BCUT2D eigenvalue weighted by molar-refractivity contribution is -0.117. The van der Waals surface area contributed by atoms with Crippen LogP contribution in [0.2, 0.25) is 0 Å². The number of rotatable bonds is 5. The molecule has 1 saturated heterocycles. The van der Waals surface area contributed by atoms with E-state index in [1.165, 1.54) is 5.56 Å². The van der Waals surface area contributed by atoms with Crippen molar-refractivity contribution in [2.24, 2.45) is 0 Å². The quantitative estimate of drug-likeness (QED) is 0.631. The SMILES string of the molecule is COc1cc(OC)cc(-c2nc(C3CC(=O)N(c4c(C)cc(C)cc4C)C3)no2)c1. The molecular weight excluding hydrogens is 382 g/mol. The lowest BCUT2D eigenvalue weighted by Gasteiger charge is -2.22. The van der Waals surface area contributed by atoms with Gasteiger partial charge in [-0.25, -0.2) is 0 Å². The maximum atomic E-state index is 12.8. The van der Waals surface area contributed by atoms with Crippen molar-refractivity contribution in [1.29, 1.82) is 0 Å². The summed E-state index contributed by atoms with van der Waals surface area (Å²) >= 11 is 0. The van der Waals surface area contributed by atoms with Crippen LogP contribution in [-0.4, -0.2) is 36.8 Å². The molecule has 0 aliphatic carbocycles. The van der Waals surface area contributed by atoms with Crippen LogP contribution in [-0.2, 0) is 4.79 Å².